The average molecular weight is 366 g/mol. The van der Waals surface area contributed by atoms with Gasteiger partial charge in [0.1, 0.15) is 23.0 Å². The van der Waals surface area contributed by atoms with Crippen LogP contribution in [0.15, 0.2) is 48.7 Å². The average Bonchev–Trinajstić information content (AvgIpc) is 3.12. The number of rotatable bonds is 4. The van der Waals surface area contributed by atoms with Crippen molar-refractivity contribution in [3.05, 3.63) is 71.3 Å². The van der Waals surface area contributed by atoms with Crippen molar-refractivity contribution < 1.29 is 18.7 Å². The molecule has 1 aliphatic rings. The van der Waals surface area contributed by atoms with E-state index >= 15 is 0 Å². The quantitative estimate of drug-likeness (QED) is 0.702. The number of ketones is 1. The number of halogens is 1. The predicted molar refractivity (Wildman–Crippen MR) is 98.5 cm³/mol. The fraction of sp³-hybridized carbons (Fsp3) is 0.238. The zero-order valence-electron chi connectivity index (χ0n) is 15.1. The molecule has 0 fully saturated rings. The van der Waals surface area contributed by atoms with E-state index in [-0.39, 0.29) is 17.5 Å². The van der Waals surface area contributed by atoms with E-state index in [0.29, 0.717) is 35.6 Å². The summed E-state index contributed by atoms with van der Waals surface area (Å²) in [5, 5.41) is 4.28. The second-order valence-corrected chi connectivity index (χ2v) is 6.50. The first-order chi connectivity index (χ1) is 13.1. The number of carbonyl (C=O) groups excluding carboxylic acids is 1. The Labute approximate surface area is 156 Å². The van der Waals surface area contributed by atoms with E-state index in [4.69, 9.17) is 9.47 Å². The van der Waals surface area contributed by atoms with Crippen molar-refractivity contribution >= 4 is 5.78 Å². The lowest BCUT2D eigenvalue weighted by atomic mass is 9.82. The highest BCUT2D eigenvalue weighted by molar-refractivity contribution is 5.98. The number of carbonyl (C=O) groups is 1. The van der Waals surface area contributed by atoms with Crippen LogP contribution >= 0.6 is 0 Å². The smallest absolute Gasteiger partial charge is 0.166 e. The van der Waals surface area contributed by atoms with Crippen LogP contribution in [0.1, 0.15) is 34.0 Å². The molecule has 1 unspecified atom stereocenters. The molecule has 6 heteroatoms. The minimum Gasteiger partial charge on any atom is -0.497 e. The van der Waals surface area contributed by atoms with Crippen LogP contribution in [0.25, 0.3) is 5.69 Å². The molecule has 0 saturated heterocycles. The van der Waals surface area contributed by atoms with Crippen molar-refractivity contribution in [2.45, 2.75) is 18.8 Å². The van der Waals surface area contributed by atoms with Gasteiger partial charge >= 0.3 is 0 Å². The molecule has 4 rings (SSSR count). The Hall–Kier alpha value is -3.15. The van der Waals surface area contributed by atoms with Crippen LogP contribution in [0, 0.1) is 5.82 Å². The van der Waals surface area contributed by atoms with Crippen LogP contribution < -0.4 is 9.47 Å². The maximum atomic E-state index is 14.3. The van der Waals surface area contributed by atoms with Crippen molar-refractivity contribution in [2.75, 3.05) is 14.2 Å². The molecular weight excluding hydrogens is 347 g/mol. The van der Waals surface area contributed by atoms with Gasteiger partial charge in [-0.25, -0.2) is 9.07 Å². The van der Waals surface area contributed by atoms with Crippen LogP contribution in [0.2, 0.25) is 0 Å². The summed E-state index contributed by atoms with van der Waals surface area (Å²) < 4.78 is 26.6. The van der Waals surface area contributed by atoms with Gasteiger partial charge < -0.3 is 9.47 Å². The SMILES string of the molecule is COc1ccc(C2CC(=O)c3cnn(-c4ccccc4F)c3C2)c(OC)c1. The largest absolute Gasteiger partial charge is 0.497 e. The second kappa shape index (κ2) is 6.87. The van der Waals surface area contributed by atoms with Crippen LogP contribution in [-0.2, 0) is 6.42 Å². The molecule has 0 spiro atoms. The molecule has 0 N–H and O–H groups in total. The van der Waals surface area contributed by atoms with Gasteiger partial charge in [0.05, 0.1) is 31.7 Å². The Morgan fingerprint density at radius 2 is 1.93 bits per heavy atom. The number of benzene rings is 2. The summed E-state index contributed by atoms with van der Waals surface area (Å²) >= 11 is 0. The van der Waals surface area contributed by atoms with Crippen LogP contribution in [0.5, 0.6) is 11.5 Å². The first-order valence-electron chi connectivity index (χ1n) is 8.69. The number of fused-ring (bicyclic) bond motifs is 1. The maximum Gasteiger partial charge on any atom is 0.166 e. The fourth-order valence-electron chi connectivity index (χ4n) is 3.65. The normalized spacial score (nSPS) is 16.1. The fourth-order valence-corrected chi connectivity index (χ4v) is 3.65. The summed E-state index contributed by atoms with van der Waals surface area (Å²) in [5.41, 5.74) is 2.55. The predicted octanol–water partition coefficient (Wildman–Crippen LogP) is 3.94. The minimum absolute atomic E-state index is 0.00158. The summed E-state index contributed by atoms with van der Waals surface area (Å²) in [7, 11) is 3.19. The van der Waals surface area contributed by atoms with E-state index in [1.165, 1.54) is 16.9 Å². The van der Waals surface area contributed by atoms with Crippen LogP contribution in [0.3, 0.4) is 0 Å². The highest BCUT2D eigenvalue weighted by atomic mass is 19.1. The van der Waals surface area contributed by atoms with Crippen molar-refractivity contribution in [3.8, 4) is 17.2 Å². The molecule has 138 valence electrons. The molecule has 5 nitrogen and oxygen atoms in total. The van der Waals surface area contributed by atoms with Gasteiger partial charge in [-0.2, -0.15) is 5.10 Å². The second-order valence-electron chi connectivity index (χ2n) is 6.50. The Bertz CT molecular complexity index is 1010. The van der Waals surface area contributed by atoms with Gasteiger partial charge in [-0.3, -0.25) is 4.79 Å². The van der Waals surface area contributed by atoms with E-state index in [1.807, 2.05) is 18.2 Å². The Balaban J connectivity index is 1.76. The van der Waals surface area contributed by atoms with Gasteiger partial charge in [0.15, 0.2) is 5.78 Å². The molecule has 1 heterocycles. The summed E-state index contributed by atoms with van der Waals surface area (Å²) in [4.78, 5) is 12.7. The van der Waals surface area contributed by atoms with E-state index in [1.54, 1.807) is 32.4 Å². The van der Waals surface area contributed by atoms with E-state index in [0.717, 1.165) is 11.3 Å². The molecule has 2 aromatic carbocycles. The van der Waals surface area contributed by atoms with Crippen LogP contribution in [0.4, 0.5) is 4.39 Å². The molecule has 0 saturated carbocycles. The molecule has 3 aromatic rings. The van der Waals surface area contributed by atoms with Gasteiger partial charge in [0.2, 0.25) is 0 Å². The minimum atomic E-state index is -0.375. The number of hydrogen-bond donors (Lipinski definition) is 0. The Morgan fingerprint density at radius 3 is 2.67 bits per heavy atom. The lowest BCUT2D eigenvalue weighted by molar-refractivity contribution is 0.0963. The molecular formula is C21H19FN2O3. The number of aromatic nitrogens is 2. The van der Waals surface area contributed by atoms with Gasteiger partial charge in [-0.15, -0.1) is 0 Å². The van der Waals surface area contributed by atoms with Gasteiger partial charge in [0.25, 0.3) is 0 Å². The molecule has 1 atom stereocenters. The lowest BCUT2D eigenvalue weighted by Gasteiger charge is -2.24. The summed E-state index contributed by atoms with van der Waals surface area (Å²) in [6, 6.07) is 12.0. The summed E-state index contributed by atoms with van der Waals surface area (Å²) in [5.74, 6) is 0.914. The highest BCUT2D eigenvalue weighted by Crippen LogP contribution is 2.39. The molecule has 27 heavy (non-hydrogen) atoms. The first kappa shape index (κ1) is 17.3. The van der Waals surface area contributed by atoms with Crippen molar-refractivity contribution in [2.24, 2.45) is 0 Å². The third kappa shape index (κ3) is 2.97. The molecule has 0 amide bonds. The summed E-state index contributed by atoms with van der Waals surface area (Å²) in [6.07, 6.45) is 2.46. The zero-order valence-corrected chi connectivity index (χ0v) is 15.1. The van der Waals surface area contributed by atoms with E-state index in [9.17, 15) is 9.18 Å². The molecule has 1 aliphatic carbocycles. The number of hydrogen-bond acceptors (Lipinski definition) is 4. The number of Topliss-reactive ketones (excluding diaryl/α,β-unsaturated/α-hetero) is 1. The number of methoxy groups -OCH3 is 2. The number of para-hydroxylation sites is 1. The molecule has 0 bridgehead atoms. The standard InChI is InChI=1S/C21H19FN2O3/c1-26-14-7-8-15(21(11-14)27-2)13-9-19-16(20(25)10-13)12-23-24(19)18-6-4-3-5-17(18)22/h3-8,11-13H,9-10H2,1-2H3. The summed E-state index contributed by atoms with van der Waals surface area (Å²) in [6.45, 7) is 0. The molecule has 1 aromatic heterocycles. The van der Waals surface area contributed by atoms with E-state index < -0.39 is 0 Å². The van der Waals surface area contributed by atoms with Crippen molar-refractivity contribution in [3.63, 3.8) is 0 Å². The van der Waals surface area contributed by atoms with Gasteiger partial charge in [-0.1, -0.05) is 18.2 Å². The molecule has 0 radical (unpaired) electrons. The first-order valence-corrected chi connectivity index (χ1v) is 8.69. The molecule has 0 aliphatic heterocycles. The maximum absolute atomic E-state index is 14.3. The monoisotopic (exact) mass is 366 g/mol. The number of nitrogens with zero attached hydrogens (tertiary/aromatic N) is 2. The topological polar surface area (TPSA) is 53.3 Å². The Morgan fingerprint density at radius 1 is 1.11 bits per heavy atom. The van der Waals surface area contributed by atoms with Gasteiger partial charge in [0, 0.05) is 18.4 Å². The zero-order chi connectivity index (χ0) is 19.0. The number of ether oxygens (including phenoxy) is 2. The Kier molecular flexibility index (Phi) is 4.39. The highest BCUT2D eigenvalue weighted by Gasteiger charge is 2.32. The van der Waals surface area contributed by atoms with E-state index in [2.05, 4.69) is 5.10 Å². The third-order valence-corrected chi connectivity index (χ3v) is 5.00. The lowest BCUT2D eigenvalue weighted by Crippen LogP contribution is -2.21. The van der Waals surface area contributed by atoms with Gasteiger partial charge in [-0.05, 0) is 30.2 Å². The van der Waals surface area contributed by atoms with Crippen molar-refractivity contribution in [1.82, 2.24) is 9.78 Å². The third-order valence-electron chi connectivity index (χ3n) is 5.00. The van der Waals surface area contributed by atoms with Crippen molar-refractivity contribution in [1.29, 1.82) is 0 Å². The van der Waals surface area contributed by atoms with Crippen LogP contribution in [-0.4, -0.2) is 29.8 Å².